The molecular weight excluding hydrogens is 200 g/mol. The summed E-state index contributed by atoms with van der Waals surface area (Å²) >= 11 is 1.09. The Bertz CT molecular complexity index is 376. The Hall–Kier alpha value is -1.38. The molecule has 0 aromatic carbocycles. The zero-order valence-corrected chi connectivity index (χ0v) is 8.52. The molecule has 0 aliphatic rings. The molecule has 0 unspecified atom stereocenters. The number of aromatic nitrogens is 1. The Labute approximate surface area is 86.0 Å². The summed E-state index contributed by atoms with van der Waals surface area (Å²) in [5, 5.41) is 12.1. The van der Waals surface area contributed by atoms with Gasteiger partial charge in [0, 0.05) is 13.0 Å². The Kier molecular flexibility index (Phi) is 4.11. The molecule has 0 saturated carbocycles. The maximum absolute atomic E-state index is 10.5. The van der Waals surface area contributed by atoms with Gasteiger partial charge in [-0.3, -0.25) is 0 Å². The summed E-state index contributed by atoms with van der Waals surface area (Å²) in [6.45, 7) is 0.824. The van der Waals surface area contributed by atoms with Gasteiger partial charge in [0.25, 0.3) is 0 Å². The van der Waals surface area contributed by atoms with Crippen molar-refractivity contribution in [1.82, 2.24) is 10.3 Å². The highest BCUT2D eigenvalue weighted by Crippen LogP contribution is 2.11. The first-order chi connectivity index (χ1) is 6.74. The van der Waals surface area contributed by atoms with Gasteiger partial charge in [0.15, 0.2) is 5.01 Å². The molecule has 4 nitrogen and oxygen atoms in total. The molecule has 0 spiro atoms. The smallest absolute Gasteiger partial charge is 0.347 e. The van der Waals surface area contributed by atoms with Crippen LogP contribution >= 0.6 is 11.3 Å². The molecule has 1 rings (SSSR count). The second-order valence-electron chi connectivity index (χ2n) is 2.49. The Morgan fingerprint density at radius 3 is 3.14 bits per heavy atom. The van der Waals surface area contributed by atoms with Gasteiger partial charge in [-0.1, -0.05) is 17.3 Å². The van der Waals surface area contributed by atoms with Crippen LogP contribution in [-0.4, -0.2) is 29.7 Å². The van der Waals surface area contributed by atoms with Gasteiger partial charge < -0.3 is 10.4 Å². The fourth-order valence-corrected chi connectivity index (χ4v) is 1.39. The molecule has 74 valence electrons. The van der Waals surface area contributed by atoms with Gasteiger partial charge in [-0.05, 0) is 13.0 Å². The van der Waals surface area contributed by atoms with Crippen molar-refractivity contribution in [3.8, 4) is 11.8 Å². The van der Waals surface area contributed by atoms with Crippen molar-refractivity contribution in [1.29, 1.82) is 0 Å². The number of hydrogen-bond acceptors (Lipinski definition) is 4. The average molecular weight is 210 g/mol. The van der Waals surface area contributed by atoms with Crippen LogP contribution in [0.15, 0.2) is 6.20 Å². The Balaban J connectivity index is 2.58. The number of nitrogens with one attached hydrogen (secondary N) is 1. The molecule has 14 heavy (non-hydrogen) atoms. The molecule has 0 radical (unpaired) electrons. The van der Waals surface area contributed by atoms with Crippen molar-refractivity contribution >= 4 is 17.3 Å². The van der Waals surface area contributed by atoms with Crippen molar-refractivity contribution in [2.24, 2.45) is 0 Å². The van der Waals surface area contributed by atoms with E-state index in [1.165, 1.54) is 6.20 Å². The summed E-state index contributed by atoms with van der Waals surface area (Å²) in [6, 6.07) is 0. The fourth-order valence-electron chi connectivity index (χ4n) is 0.756. The van der Waals surface area contributed by atoms with E-state index in [-0.39, 0.29) is 4.88 Å². The van der Waals surface area contributed by atoms with Crippen LogP contribution in [-0.2, 0) is 0 Å². The topological polar surface area (TPSA) is 62.2 Å². The third kappa shape index (κ3) is 3.17. The van der Waals surface area contributed by atoms with Crippen molar-refractivity contribution in [2.45, 2.75) is 6.42 Å². The SMILES string of the molecule is CNCCC#Cc1ncc(C(=O)O)s1. The average Bonchev–Trinajstić information content (AvgIpc) is 2.61. The molecule has 1 aromatic rings. The van der Waals surface area contributed by atoms with Gasteiger partial charge in [-0.2, -0.15) is 0 Å². The third-order valence-corrected chi connectivity index (χ3v) is 2.31. The number of hydrogen-bond donors (Lipinski definition) is 2. The van der Waals surface area contributed by atoms with Gasteiger partial charge in [0.1, 0.15) is 4.88 Å². The summed E-state index contributed by atoms with van der Waals surface area (Å²) in [4.78, 5) is 14.6. The molecule has 0 amide bonds. The van der Waals surface area contributed by atoms with E-state index in [0.29, 0.717) is 5.01 Å². The molecule has 1 aromatic heterocycles. The van der Waals surface area contributed by atoms with E-state index < -0.39 is 5.97 Å². The summed E-state index contributed by atoms with van der Waals surface area (Å²) in [5.41, 5.74) is 0. The third-order valence-electron chi connectivity index (χ3n) is 1.41. The van der Waals surface area contributed by atoms with E-state index in [1.807, 2.05) is 7.05 Å². The van der Waals surface area contributed by atoms with Crippen LogP contribution in [0.25, 0.3) is 0 Å². The largest absolute Gasteiger partial charge is 0.477 e. The first kappa shape index (κ1) is 10.7. The molecule has 0 saturated heterocycles. The zero-order chi connectivity index (χ0) is 10.4. The van der Waals surface area contributed by atoms with Crippen molar-refractivity contribution in [2.75, 3.05) is 13.6 Å². The van der Waals surface area contributed by atoms with E-state index in [0.717, 1.165) is 24.3 Å². The minimum atomic E-state index is -0.953. The minimum Gasteiger partial charge on any atom is -0.477 e. The molecule has 2 N–H and O–H groups in total. The van der Waals surface area contributed by atoms with Crippen LogP contribution in [0.2, 0.25) is 0 Å². The molecule has 5 heteroatoms. The highest BCUT2D eigenvalue weighted by molar-refractivity contribution is 7.14. The summed E-state index contributed by atoms with van der Waals surface area (Å²) < 4.78 is 0. The molecular formula is C9H10N2O2S. The second kappa shape index (κ2) is 5.37. The summed E-state index contributed by atoms with van der Waals surface area (Å²) in [7, 11) is 1.85. The van der Waals surface area contributed by atoms with Gasteiger partial charge in [-0.25, -0.2) is 9.78 Å². The lowest BCUT2D eigenvalue weighted by Gasteiger charge is -1.86. The molecule has 0 atom stereocenters. The first-order valence-electron chi connectivity index (χ1n) is 4.06. The van der Waals surface area contributed by atoms with Crippen molar-refractivity contribution in [3.05, 3.63) is 16.1 Å². The lowest BCUT2D eigenvalue weighted by Crippen LogP contribution is -2.05. The predicted molar refractivity (Wildman–Crippen MR) is 54.5 cm³/mol. The van der Waals surface area contributed by atoms with E-state index in [1.54, 1.807) is 0 Å². The maximum Gasteiger partial charge on any atom is 0.347 e. The normalized spacial score (nSPS) is 9.21. The molecule has 0 aliphatic carbocycles. The number of carbonyl (C=O) groups is 1. The Morgan fingerprint density at radius 2 is 2.57 bits per heavy atom. The van der Waals surface area contributed by atoms with E-state index in [4.69, 9.17) is 5.11 Å². The van der Waals surface area contributed by atoms with Crippen LogP contribution in [0.1, 0.15) is 21.1 Å². The molecule has 0 bridgehead atoms. The minimum absolute atomic E-state index is 0.225. The summed E-state index contributed by atoms with van der Waals surface area (Å²) in [5.74, 6) is 4.75. The van der Waals surface area contributed by atoms with Gasteiger partial charge >= 0.3 is 5.97 Å². The van der Waals surface area contributed by atoms with Gasteiger partial charge in [-0.15, -0.1) is 0 Å². The Morgan fingerprint density at radius 1 is 1.79 bits per heavy atom. The second-order valence-corrected chi connectivity index (χ2v) is 3.52. The highest BCUT2D eigenvalue weighted by atomic mass is 32.1. The van der Waals surface area contributed by atoms with Crippen LogP contribution < -0.4 is 5.32 Å². The zero-order valence-electron chi connectivity index (χ0n) is 7.70. The molecule has 0 fully saturated rings. The monoisotopic (exact) mass is 210 g/mol. The first-order valence-corrected chi connectivity index (χ1v) is 4.88. The summed E-state index contributed by atoms with van der Waals surface area (Å²) in [6.07, 6.45) is 2.06. The van der Waals surface area contributed by atoms with Crippen LogP contribution in [0.3, 0.4) is 0 Å². The van der Waals surface area contributed by atoms with E-state index >= 15 is 0 Å². The highest BCUT2D eigenvalue weighted by Gasteiger charge is 2.05. The predicted octanol–water partition coefficient (Wildman–Crippen LogP) is 0.802. The number of thiazole rings is 1. The van der Waals surface area contributed by atoms with E-state index in [9.17, 15) is 4.79 Å². The quantitative estimate of drug-likeness (QED) is 0.572. The van der Waals surface area contributed by atoms with Crippen LogP contribution in [0.4, 0.5) is 0 Å². The standard InChI is InChI=1S/C9H10N2O2S/c1-10-5-3-2-4-8-11-6-7(14-8)9(12)13/h6,10H,3,5H2,1H3,(H,12,13). The lowest BCUT2D eigenvalue weighted by molar-refractivity contribution is 0.0702. The van der Waals surface area contributed by atoms with E-state index in [2.05, 4.69) is 22.1 Å². The van der Waals surface area contributed by atoms with Gasteiger partial charge in [0.2, 0.25) is 0 Å². The van der Waals surface area contributed by atoms with Crippen molar-refractivity contribution in [3.63, 3.8) is 0 Å². The number of carboxylic acids is 1. The van der Waals surface area contributed by atoms with Crippen molar-refractivity contribution < 1.29 is 9.90 Å². The number of nitrogens with zero attached hydrogens (tertiary/aromatic N) is 1. The number of aromatic carboxylic acids is 1. The van der Waals surface area contributed by atoms with Crippen LogP contribution in [0, 0.1) is 11.8 Å². The molecule has 0 aliphatic heterocycles. The fraction of sp³-hybridized carbons (Fsp3) is 0.333. The maximum atomic E-state index is 10.5. The lowest BCUT2D eigenvalue weighted by atomic mass is 10.4. The molecule has 1 heterocycles. The number of rotatable bonds is 3. The van der Waals surface area contributed by atoms with Gasteiger partial charge in [0.05, 0.1) is 6.20 Å². The van der Waals surface area contributed by atoms with Crippen LogP contribution in [0.5, 0.6) is 0 Å². The number of carboxylic acid groups (broad SMARTS) is 1.